The molecule has 0 aromatic heterocycles. The minimum absolute atomic E-state index is 0.429. The van der Waals surface area contributed by atoms with Gasteiger partial charge in [-0.1, -0.05) is 26.7 Å². The van der Waals surface area contributed by atoms with E-state index in [0.717, 1.165) is 19.7 Å². The van der Waals surface area contributed by atoms with Gasteiger partial charge in [0.25, 0.3) is 0 Å². The van der Waals surface area contributed by atoms with Crippen LogP contribution in [0.3, 0.4) is 0 Å². The summed E-state index contributed by atoms with van der Waals surface area (Å²) < 4.78 is 5.60. The van der Waals surface area contributed by atoms with Crippen molar-refractivity contribution >= 4 is 0 Å². The third-order valence-electron chi connectivity index (χ3n) is 2.08. The average Bonchev–Trinajstić information content (AvgIpc) is 2.11. The molecule has 0 saturated carbocycles. The van der Waals surface area contributed by atoms with Crippen LogP contribution in [0.1, 0.15) is 46.5 Å². The summed E-state index contributed by atoms with van der Waals surface area (Å²) in [7, 11) is 0. The topological polar surface area (TPSA) is 21.3 Å². The van der Waals surface area contributed by atoms with Crippen LogP contribution in [0.25, 0.3) is 0 Å². The van der Waals surface area contributed by atoms with Crippen molar-refractivity contribution in [2.45, 2.75) is 52.6 Å². The van der Waals surface area contributed by atoms with Crippen LogP contribution < -0.4 is 5.32 Å². The summed E-state index contributed by atoms with van der Waals surface area (Å²) in [6.45, 7) is 9.53. The average molecular weight is 187 g/mol. The molecule has 13 heavy (non-hydrogen) atoms. The molecular weight excluding hydrogens is 162 g/mol. The highest BCUT2D eigenvalue weighted by Crippen LogP contribution is 1.99. The van der Waals surface area contributed by atoms with E-state index < -0.39 is 0 Å². The van der Waals surface area contributed by atoms with E-state index in [1.807, 2.05) is 0 Å². The maximum atomic E-state index is 5.60. The van der Waals surface area contributed by atoms with E-state index in [9.17, 15) is 0 Å². The Bertz CT molecular complexity index is 96.1. The lowest BCUT2D eigenvalue weighted by Crippen LogP contribution is -2.22. The van der Waals surface area contributed by atoms with Gasteiger partial charge in [-0.3, -0.25) is 0 Å². The largest absolute Gasteiger partial charge is 0.377 e. The second-order valence-corrected chi connectivity index (χ2v) is 3.57. The molecular formula is C11H25NO. The van der Waals surface area contributed by atoms with Crippen molar-refractivity contribution in [2.75, 3.05) is 19.7 Å². The first-order valence-electron chi connectivity index (χ1n) is 5.63. The van der Waals surface area contributed by atoms with Crippen molar-refractivity contribution < 1.29 is 4.74 Å². The summed E-state index contributed by atoms with van der Waals surface area (Å²) >= 11 is 0. The number of hydrogen-bond donors (Lipinski definition) is 1. The molecule has 0 aliphatic carbocycles. The molecule has 0 fully saturated rings. The van der Waals surface area contributed by atoms with E-state index in [2.05, 4.69) is 26.1 Å². The molecule has 0 spiro atoms. The predicted octanol–water partition coefficient (Wildman–Crippen LogP) is 2.58. The summed E-state index contributed by atoms with van der Waals surface area (Å²) in [4.78, 5) is 0. The normalized spacial score (nSPS) is 13.2. The third kappa shape index (κ3) is 9.84. The highest BCUT2D eigenvalue weighted by molar-refractivity contribution is 4.50. The first-order chi connectivity index (χ1) is 6.31. The van der Waals surface area contributed by atoms with Crippen LogP contribution in [-0.2, 0) is 4.74 Å². The van der Waals surface area contributed by atoms with Gasteiger partial charge < -0.3 is 10.1 Å². The maximum absolute atomic E-state index is 5.60. The lowest BCUT2D eigenvalue weighted by Gasteiger charge is -2.11. The van der Waals surface area contributed by atoms with Crippen molar-refractivity contribution in [3.8, 4) is 0 Å². The minimum Gasteiger partial charge on any atom is -0.377 e. The molecule has 1 atom stereocenters. The smallest absolute Gasteiger partial charge is 0.0594 e. The zero-order valence-corrected chi connectivity index (χ0v) is 9.44. The van der Waals surface area contributed by atoms with E-state index in [4.69, 9.17) is 4.74 Å². The quantitative estimate of drug-likeness (QED) is 0.560. The molecule has 1 N–H and O–H groups in total. The van der Waals surface area contributed by atoms with Gasteiger partial charge in [0, 0.05) is 6.54 Å². The maximum Gasteiger partial charge on any atom is 0.0594 e. The Hall–Kier alpha value is -0.0800. The summed E-state index contributed by atoms with van der Waals surface area (Å²) in [5.41, 5.74) is 0. The molecule has 0 rings (SSSR count). The monoisotopic (exact) mass is 187 g/mol. The SMILES string of the molecule is CCCCNCCOC(C)CCC. The van der Waals surface area contributed by atoms with Crippen molar-refractivity contribution in [1.82, 2.24) is 5.32 Å². The lowest BCUT2D eigenvalue weighted by atomic mass is 10.2. The molecule has 80 valence electrons. The van der Waals surface area contributed by atoms with Gasteiger partial charge in [0.05, 0.1) is 12.7 Å². The fourth-order valence-corrected chi connectivity index (χ4v) is 1.25. The van der Waals surface area contributed by atoms with Gasteiger partial charge in [-0.05, 0) is 26.3 Å². The zero-order valence-electron chi connectivity index (χ0n) is 9.44. The molecule has 0 aliphatic rings. The van der Waals surface area contributed by atoms with Gasteiger partial charge in [-0.25, -0.2) is 0 Å². The van der Waals surface area contributed by atoms with Crippen LogP contribution >= 0.6 is 0 Å². The number of nitrogens with one attached hydrogen (secondary N) is 1. The van der Waals surface area contributed by atoms with E-state index in [0.29, 0.717) is 6.10 Å². The van der Waals surface area contributed by atoms with Gasteiger partial charge in [-0.15, -0.1) is 0 Å². The van der Waals surface area contributed by atoms with Crippen molar-refractivity contribution in [3.63, 3.8) is 0 Å². The number of rotatable bonds is 9. The summed E-state index contributed by atoms with van der Waals surface area (Å²) in [6, 6.07) is 0. The van der Waals surface area contributed by atoms with Crippen LogP contribution in [0.4, 0.5) is 0 Å². The first kappa shape index (κ1) is 12.9. The van der Waals surface area contributed by atoms with Crippen LogP contribution in [0, 0.1) is 0 Å². The molecule has 2 heteroatoms. The summed E-state index contributed by atoms with van der Waals surface area (Å²) in [5.74, 6) is 0. The number of hydrogen-bond acceptors (Lipinski definition) is 2. The van der Waals surface area contributed by atoms with Gasteiger partial charge in [0.1, 0.15) is 0 Å². The molecule has 0 radical (unpaired) electrons. The van der Waals surface area contributed by atoms with Gasteiger partial charge in [0.2, 0.25) is 0 Å². The van der Waals surface area contributed by atoms with Crippen LogP contribution in [0.5, 0.6) is 0 Å². The Morgan fingerprint density at radius 1 is 1.15 bits per heavy atom. The Morgan fingerprint density at radius 2 is 1.92 bits per heavy atom. The molecule has 1 unspecified atom stereocenters. The highest BCUT2D eigenvalue weighted by Gasteiger charge is 1.98. The third-order valence-corrected chi connectivity index (χ3v) is 2.08. The molecule has 0 amide bonds. The van der Waals surface area contributed by atoms with E-state index >= 15 is 0 Å². The van der Waals surface area contributed by atoms with E-state index in [-0.39, 0.29) is 0 Å². The Balaban J connectivity index is 2.97. The molecule has 0 heterocycles. The van der Waals surface area contributed by atoms with E-state index in [1.165, 1.54) is 25.7 Å². The molecule has 0 saturated heterocycles. The van der Waals surface area contributed by atoms with Gasteiger partial charge in [-0.2, -0.15) is 0 Å². The lowest BCUT2D eigenvalue weighted by molar-refractivity contribution is 0.0618. The molecule has 0 aromatic carbocycles. The summed E-state index contributed by atoms with van der Waals surface area (Å²) in [5, 5.41) is 3.36. The Labute approximate surface area is 83.1 Å². The van der Waals surface area contributed by atoms with Gasteiger partial charge >= 0.3 is 0 Å². The highest BCUT2D eigenvalue weighted by atomic mass is 16.5. The number of ether oxygens (including phenoxy) is 1. The fourth-order valence-electron chi connectivity index (χ4n) is 1.25. The van der Waals surface area contributed by atoms with Gasteiger partial charge in [0.15, 0.2) is 0 Å². The van der Waals surface area contributed by atoms with Crippen LogP contribution in [-0.4, -0.2) is 25.8 Å². The van der Waals surface area contributed by atoms with E-state index in [1.54, 1.807) is 0 Å². The fraction of sp³-hybridized carbons (Fsp3) is 1.00. The minimum atomic E-state index is 0.429. The molecule has 0 aromatic rings. The number of unbranched alkanes of at least 4 members (excludes halogenated alkanes) is 1. The van der Waals surface area contributed by atoms with Crippen LogP contribution in [0.15, 0.2) is 0 Å². The Morgan fingerprint density at radius 3 is 2.54 bits per heavy atom. The standard InChI is InChI=1S/C11H25NO/c1-4-6-8-12-9-10-13-11(3)7-5-2/h11-12H,4-10H2,1-3H3. The first-order valence-corrected chi connectivity index (χ1v) is 5.63. The molecule has 0 bridgehead atoms. The molecule has 2 nitrogen and oxygen atoms in total. The van der Waals surface area contributed by atoms with Crippen molar-refractivity contribution in [3.05, 3.63) is 0 Å². The predicted molar refractivity (Wildman–Crippen MR) is 58.1 cm³/mol. The zero-order chi connectivity index (χ0) is 9.94. The second kappa shape index (κ2) is 10.0. The summed E-state index contributed by atoms with van der Waals surface area (Å²) in [6.07, 6.45) is 5.35. The van der Waals surface area contributed by atoms with Crippen molar-refractivity contribution in [1.29, 1.82) is 0 Å². The van der Waals surface area contributed by atoms with Crippen molar-refractivity contribution in [2.24, 2.45) is 0 Å². The second-order valence-electron chi connectivity index (χ2n) is 3.57. The molecule has 0 aliphatic heterocycles. The van der Waals surface area contributed by atoms with Crippen LogP contribution in [0.2, 0.25) is 0 Å². The Kier molecular flexibility index (Phi) is 9.94.